The van der Waals surface area contributed by atoms with Gasteiger partial charge in [-0.05, 0) is 17.7 Å². The number of ether oxygens (including phenoxy) is 1. The normalized spacial score (nSPS) is 19.7. The van der Waals surface area contributed by atoms with Crippen molar-refractivity contribution in [3.63, 3.8) is 0 Å². The van der Waals surface area contributed by atoms with Crippen molar-refractivity contribution in [1.29, 1.82) is 0 Å². The van der Waals surface area contributed by atoms with Crippen LogP contribution in [0.15, 0.2) is 24.3 Å². The van der Waals surface area contributed by atoms with E-state index in [4.69, 9.17) is 0 Å². The van der Waals surface area contributed by atoms with Crippen LogP contribution < -0.4 is 0 Å². The molecule has 0 N–H and O–H groups in total. The number of carbonyl (C=O) groups excluding carboxylic acids is 1. The van der Waals surface area contributed by atoms with Crippen LogP contribution in [0.1, 0.15) is 17.4 Å². The summed E-state index contributed by atoms with van der Waals surface area (Å²) in [5.41, 5.74) is 1.20. The number of esters is 1. The van der Waals surface area contributed by atoms with E-state index in [1.165, 1.54) is 0 Å². The Morgan fingerprint density at radius 1 is 1.36 bits per heavy atom. The number of rotatable bonds is 1. The maximum absolute atomic E-state index is 11.1. The molecular weight excluding hydrogens is 186 g/mol. The summed E-state index contributed by atoms with van der Waals surface area (Å²) < 4.78 is 4.69. The molecule has 5 nitrogen and oxygen atoms in total. The zero-order valence-corrected chi connectivity index (χ0v) is 7.17. The van der Waals surface area contributed by atoms with Crippen LogP contribution in [0.5, 0.6) is 0 Å². The van der Waals surface area contributed by atoms with Gasteiger partial charge in [0.05, 0.1) is 16.9 Å². The number of fused-ring (bicyclic) bond motifs is 5. The van der Waals surface area contributed by atoms with Gasteiger partial charge in [0.1, 0.15) is 0 Å². The first kappa shape index (κ1) is 8.68. The van der Waals surface area contributed by atoms with Gasteiger partial charge < -0.3 is 4.74 Å². The Hall–Kier alpha value is -1.91. The molecule has 0 aromatic heterocycles. The van der Waals surface area contributed by atoms with Crippen LogP contribution >= 0.6 is 0 Å². The van der Waals surface area contributed by atoms with E-state index in [0.717, 1.165) is 5.56 Å². The number of nitrogens with zero attached hydrogens (tertiary/aromatic N) is 1. The van der Waals surface area contributed by atoms with Gasteiger partial charge in [-0.2, -0.15) is 0 Å². The largest absolute Gasteiger partial charge is 0.394 e. The van der Waals surface area contributed by atoms with E-state index in [-0.39, 0.29) is 6.42 Å². The summed E-state index contributed by atoms with van der Waals surface area (Å²) in [5, 5.41) is 10.6. The molecule has 72 valence electrons. The second kappa shape index (κ2) is 3.10. The van der Waals surface area contributed by atoms with Crippen molar-refractivity contribution in [1.82, 2.24) is 0 Å². The third kappa shape index (κ3) is 1.44. The van der Waals surface area contributed by atoms with Crippen molar-refractivity contribution >= 4 is 5.97 Å². The molecule has 5 heteroatoms. The third-order valence-electron chi connectivity index (χ3n) is 2.05. The molecule has 2 aliphatic heterocycles. The molecule has 0 saturated heterocycles. The first-order valence-electron chi connectivity index (χ1n) is 4.08. The van der Waals surface area contributed by atoms with E-state index < -0.39 is 17.1 Å². The van der Waals surface area contributed by atoms with Gasteiger partial charge in [0.15, 0.2) is 0 Å². The molecule has 2 heterocycles. The molecule has 14 heavy (non-hydrogen) atoms. The summed E-state index contributed by atoms with van der Waals surface area (Å²) >= 11 is 0. The number of hydrogen-bond acceptors (Lipinski definition) is 4. The molecule has 0 radical (unpaired) electrons. The van der Waals surface area contributed by atoms with Crippen molar-refractivity contribution < 1.29 is 14.5 Å². The highest BCUT2D eigenvalue weighted by Gasteiger charge is 2.29. The van der Waals surface area contributed by atoms with Crippen molar-refractivity contribution in [2.75, 3.05) is 0 Å². The SMILES string of the molecule is O=C1Cc2ccc(cc2)C([N+](=O)[O-])O1. The van der Waals surface area contributed by atoms with Gasteiger partial charge in [0, 0.05) is 0 Å². The fourth-order valence-electron chi connectivity index (χ4n) is 1.37. The van der Waals surface area contributed by atoms with Crippen LogP contribution in [0, 0.1) is 10.1 Å². The van der Waals surface area contributed by atoms with Crippen LogP contribution in [0.2, 0.25) is 0 Å². The van der Waals surface area contributed by atoms with Crippen molar-refractivity contribution in [2.24, 2.45) is 0 Å². The van der Waals surface area contributed by atoms with Crippen LogP contribution in [-0.4, -0.2) is 10.9 Å². The predicted molar refractivity (Wildman–Crippen MR) is 46.0 cm³/mol. The Bertz CT molecular complexity index is 384. The molecule has 0 aliphatic carbocycles. The molecule has 1 aromatic carbocycles. The van der Waals surface area contributed by atoms with Gasteiger partial charge in [-0.25, -0.2) is 0 Å². The minimum Gasteiger partial charge on any atom is -0.394 e. The molecule has 1 aromatic rings. The van der Waals surface area contributed by atoms with Gasteiger partial charge in [0.2, 0.25) is 0 Å². The Morgan fingerprint density at radius 2 is 2.00 bits per heavy atom. The zero-order chi connectivity index (χ0) is 10.1. The highest BCUT2D eigenvalue weighted by atomic mass is 16.7. The maximum atomic E-state index is 11.1. The number of nitro groups is 1. The second-order valence-electron chi connectivity index (χ2n) is 3.05. The van der Waals surface area contributed by atoms with Crippen molar-refractivity contribution in [3.05, 3.63) is 45.5 Å². The molecular formula is C9H7NO4. The first-order chi connectivity index (χ1) is 6.66. The molecule has 0 amide bonds. The minimum atomic E-state index is -1.36. The lowest BCUT2D eigenvalue weighted by Gasteiger charge is -2.14. The summed E-state index contributed by atoms with van der Waals surface area (Å²) in [6, 6.07) is 6.61. The lowest BCUT2D eigenvalue weighted by atomic mass is 10.1. The summed E-state index contributed by atoms with van der Waals surface area (Å²) in [4.78, 5) is 21.1. The third-order valence-corrected chi connectivity index (χ3v) is 2.05. The Balaban J connectivity index is 2.46. The summed E-state index contributed by atoms with van der Waals surface area (Å²) in [7, 11) is 0. The Labute approximate surface area is 79.4 Å². The average Bonchev–Trinajstić information content (AvgIpc) is 2.11. The lowest BCUT2D eigenvalue weighted by Crippen LogP contribution is -2.21. The molecule has 1 atom stereocenters. The van der Waals surface area contributed by atoms with Crippen LogP contribution in [-0.2, 0) is 16.0 Å². The highest BCUT2D eigenvalue weighted by molar-refractivity contribution is 5.73. The number of benzene rings is 1. The zero-order valence-electron chi connectivity index (χ0n) is 7.17. The van der Waals surface area contributed by atoms with E-state index in [1.54, 1.807) is 24.3 Å². The summed E-state index contributed by atoms with van der Waals surface area (Å²) in [6.45, 7) is 0. The number of carbonyl (C=O) groups is 1. The van der Waals surface area contributed by atoms with Crippen molar-refractivity contribution in [3.8, 4) is 0 Å². The standard InChI is InChI=1S/C9H7NO4/c11-8-5-6-1-3-7(4-2-6)9(14-8)10(12)13/h1-4,9H,5H2. The molecule has 0 spiro atoms. The van der Waals surface area contributed by atoms with E-state index in [0.29, 0.717) is 5.56 Å². The van der Waals surface area contributed by atoms with Crippen LogP contribution in [0.25, 0.3) is 0 Å². The molecule has 0 saturated carbocycles. The van der Waals surface area contributed by atoms with E-state index in [2.05, 4.69) is 4.74 Å². The molecule has 1 unspecified atom stereocenters. The van der Waals surface area contributed by atoms with Crippen molar-refractivity contribution in [2.45, 2.75) is 12.6 Å². The fraction of sp³-hybridized carbons (Fsp3) is 0.222. The van der Waals surface area contributed by atoms with Gasteiger partial charge in [-0.1, -0.05) is 12.1 Å². The fourth-order valence-corrected chi connectivity index (χ4v) is 1.37. The maximum Gasteiger partial charge on any atom is 0.382 e. The smallest absolute Gasteiger partial charge is 0.382 e. The quantitative estimate of drug-likeness (QED) is 0.380. The monoisotopic (exact) mass is 193 g/mol. The second-order valence-corrected chi connectivity index (χ2v) is 3.05. The predicted octanol–water partition coefficient (Wildman–Crippen LogP) is 1.06. The average molecular weight is 193 g/mol. The molecule has 0 fully saturated rings. The summed E-state index contributed by atoms with van der Waals surface area (Å²) in [5.74, 6) is -0.562. The first-order valence-corrected chi connectivity index (χ1v) is 4.08. The Morgan fingerprint density at radius 3 is 2.57 bits per heavy atom. The van der Waals surface area contributed by atoms with Gasteiger partial charge in [-0.15, -0.1) is 0 Å². The van der Waals surface area contributed by atoms with Gasteiger partial charge in [-0.3, -0.25) is 14.9 Å². The van der Waals surface area contributed by atoms with Gasteiger partial charge in [0.25, 0.3) is 0 Å². The lowest BCUT2D eigenvalue weighted by molar-refractivity contribution is -0.576. The molecule has 2 aliphatic rings. The topological polar surface area (TPSA) is 69.4 Å². The Kier molecular flexibility index (Phi) is 1.92. The van der Waals surface area contributed by atoms with E-state index in [9.17, 15) is 14.9 Å². The molecule has 3 rings (SSSR count). The minimum absolute atomic E-state index is 0.0879. The van der Waals surface area contributed by atoms with E-state index in [1.807, 2.05) is 0 Å². The van der Waals surface area contributed by atoms with E-state index >= 15 is 0 Å². The number of hydrogen-bond donors (Lipinski definition) is 0. The molecule has 2 bridgehead atoms. The van der Waals surface area contributed by atoms with Gasteiger partial charge >= 0.3 is 12.2 Å². The van der Waals surface area contributed by atoms with Crippen LogP contribution in [0.3, 0.4) is 0 Å². The van der Waals surface area contributed by atoms with Crippen LogP contribution in [0.4, 0.5) is 0 Å². The highest BCUT2D eigenvalue weighted by Crippen LogP contribution is 2.22. The summed E-state index contributed by atoms with van der Waals surface area (Å²) in [6.07, 6.45) is -1.28.